The van der Waals surface area contributed by atoms with Crippen molar-refractivity contribution in [3.63, 3.8) is 0 Å². The molecule has 152 valence electrons. The van der Waals surface area contributed by atoms with E-state index in [1.807, 2.05) is 36.4 Å². The second-order valence-electron chi connectivity index (χ2n) is 8.43. The Morgan fingerprint density at radius 1 is 0.548 bits per heavy atom. The van der Waals surface area contributed by atoms with Crippen LogP contribution in [0.5, 0.6) is 0 Å². The molecule has 0 unspecified atom stereocenters. The molecule has 4 aromatic rings. The SMILES string of the molecule is O=C(O)C1c2cccc(c2)Cc2cccc(c2)Cc2cccc(c2)Cc2cccc1c2. The highest BCUT2D eigenvalue weighted by Crippen LogP contribution is 2.28. The predicted molar refractivity (Wildman–Crippen MR) is 124 cm³/mol. The van der Waals surface area contributed by atoms with Crippen molar-refractivity contribution in [1.29, 1.82) is 0 Å². The Morgan fingerprint density at radius 3 is 1.23 bits per heavy atom. The normalized spacial score (nSPS) is 13.5. The topological polar surface area (TPSA) is 37.3 Å². The standard InChI is InChI=1S/C29H24O2/c30-29(31)28-26-11-3-9-24(18-26)16-22-7-1-5-20(14-22)13-21-6-2-8-23(15-21)17-25-10-4-12-27(28)19-25/h1-12,14-15,18-19,28H,13,16-17H2,(H,30,31). The monoisotopic (exact) mass is 404 g/mol. The third kappa shape index (κ3) is 4.29. The fraction of sp³-hybridized carbons (Fsp3) is 0.138. The zero-order valence-electron chi connectivity index (χ0n) is 17.3. The van der Waals surface area contributed by atoms with Gasteiger partial charge in [-0.25, -0.2) is 0 Å². The highest BCUT2D eigenvalue weighted by atomic mass is 16.4. The van der Waals surface area contributed by atoms with Crippen molar-refractivity contribution in [2.45, 2.75) is 25.2 Å². The van der Waals surface area contributed by atoms with Gasteiger partial charge in [-0.2, -0.15) is 0 Å². The first-order chi connectivity index (χ1) is 15.1. The van der Waals surface area contributed by atoms with Crippen molar-refractivity contribution in [3.8, 4) is 0 Å². The molecule has 4 aromatic carbocycles. The molecular formula is C29H24O2. The minimum absolute atomic E-state index is 0.675. The van der Waals surface area contributed by atoms with E-state index in [1.165, 1.54) is 22.3 Å². The third-order valence-electron chi connectivity index (χ3n) is 6.02. The van der Waals surface area contributed by atoms with Crippen molar-refractivity contribution in [2.24, 2.45) is 0 Å². The van der Waals surface area contributed by atoms with E-state index in [0.717, 1.165) is 41.5 Å². The largest absolute Gasteiger partial charge is 0.481 e. The van der Waals surface area contributed by atoms with E-state index in [4.69, 9.17) is 0 Å². The summed E-state index contributed by atoms with van der Waals surface area (Å²) in [4.78, 5) is 12.3. The van der Waals surface area contributed by atoms with Gasteiger partial charge in [0.1, 0.15) is 5.92 Å². The Balaban J connectivity index is 1.67. The first-order valence-corrected chi connectivity index (χ1v) is 10.7. The zero-order valence-corrected chi connectivity index (χ0v) is 17.3. The van der Waals surface area contributed by atoms with Crippen molar-refractivity contribution >= 4 is 5.97 Å². The molecule has 0 heterocycles. The number of carboxylic acids is 1. The molecule has 0 saturated carbocycles. The van der Waals surface area contributed by atoms with E-state index in [0.29, 0.717) is 0 Å². The third-order valence-corrected chi connectivity index (χ3v) is 6.02. The van der Waals surface area contributed by atoms with Crippen molar-refractivity contribution in [1.82, 2.24) is 0 Å². The Kier molecular flexibility index (Phi) is 5.13. The maximum absolute atomic E-state index is 12.3. The van der Waals surface area contributed by atoms with Crippen molar-refractivity contribution in [2.75, 3.05) is 0 Å². The van der Waals surface area contributed by atoms with Gasteiger partial charge in [-0.15, -0.1) is 0 Å². The number of benzene rings is 4. The van der Waals surface area contributed by atoms with E-state index >= 15 is 0 Å². The first-order valence-electron chi connectivity index (χ1n) is 10.7. The number of carboxylic acid groups (broad SMARTS) is 1. The molecule has 0 aromatic heterocycles. The molecule has 8 bridgehead atoms. The van der Waals surface area contributed by atoms with Gasteiger partial charge in [0.05, 0.1) is 0 Å². The molecular weight excluding hydrogens is 380 g/mol. The van der Waals surface area contributed by atoms with Crippen LogP contribution in [-0.4, -0.2) is 11.1 Å². The van der Waals surface area contributed by atoms with Crippen LogP contribution in [0.25, 0.3) is 0 Å². The number of rotatable bonds is 1. The highest BCUT2D eigenvalue weighted by Gasteiger charge is 2.23. The Bertz CT molecular complexity index is 1160. The minimum atomic E-state index is -0.820. The van der Waals surface area contributed by atoms with Gasteiger partial charge in [-0.3, -0.25) is 4.79 Å². The van der Waals surface area contributed by atoms with E-state index in [-0.39, 0.29) is 0 Å². The molecule has 0 spiro atoms. The van der Waals surface area contributed by atoms with E-state index in [2.05, 4.69) is 60.7 Å². The Hall–Kier alpha value is -3.65. The summed E-state index contributed by atoms with van der Waals surface area (Å²) in [5.74, 6) is -1.50. The summed E-state index contributed by atoms with van der Waals surface area (Å²) in [5, 5.41) is 10.1. The molecule has 31 heavy (non-hydrogen) atoms. The molecule has 0 radical (unpaired) electrons. The van der Waals surface area contributed by atoms with E-state index in [9.17, 15) is 9.90 Å². The second-order valence-corrected chi connectivity index (χ2v) is 8.43. The number of hydrogen-bond donors (Lipinski definition) is 1. The van der Waals surface area contributed by atoms with Crippen LogP contribution in [0.3, 0.4) is 0 Å². The zero-order chi connectivity index (χ0) is 21.2. The van der Waals surface area contributed by atoms with Crippen LogP contribution in [0.15, 0.2) is 97.1 Å². The minimum Gasteiger partial charge on any atom is -0.481 e. The number of hydrogen-bond acceptors (Lipinski definition) is 1. The van der Waals surface area contributed by atoms with Gasteiger partial charge < -0.3 is 5.11 Å². The quantitative estimate of drug-likeness (QED) is 0.423. The summed E-state index contributed by atoms with van der Waals surface area (Å²) in [6.07, 6.45) is 2.48. The fourth-order valence-electron chi connectivity index (χ4n) is 4.65. The molecule has 0 fully saturated rings. The van der Waals surface area contributed by atoms with Crippen LogP contribution >= 0.6 is 0 Å². The maximum atomic E-state index is 12.3. The maximum Gasteiger partial charge on any atom is 0.315 e. The van der Waals surface area contributed by atoms with Crippen LogP contribution in [0.2, 0.25) is 0 Å². The predicted octanol–water partition coefficient (Wildman–Crippen LogP) is 5.99. The molecule has 0 amide bonds. The van der Waals surface area contributed by atoms with E-state index < -0.39 is 11.9 Å². The molecule has 0 saturated heterocycles. The summed E-state index contributed by atoms with van der Waals surface area (Å²) >= 11 is 0. The van der Waals surface area contributed by atoms with Gasteiger partial charge >= 0.3 is 5.97 Å². The van der Waals surface area contributed by atoms with Gasteiger partial charge in [0.25, 0.3) is 0 Å². The molecule has 2 nitrogen and oxygen atoms in total. The first kappa shape index (κ1) is 19.3. The summed E-state index contributed by atoms with van der Waals surface area (Å²) in [5.41, 5.74) is 8.99. The van der Waals surface area contributed by atoms with Crippen LogP contribution < -0.4 is 0 Å². The van der Waals surface area contributed by atoms with Gasteiger partial charge in [-0.1, -0.05) is 97.1 Å². The molecule has 0 aliphatic heterocycles. The van der Waals surface area contributed by atoms with Gasteiger partial charge in [0, 0.05) is 0 Å². The average Bonchev–Trinajstić information content (AvgIpc) is 2.74. The molecule has 1 N–H and O–H groups in total. The van der Waals surface area contributed by atoms with Crippen molar-refractivity contribution in [3.05, 3.63) is 142 Å². The van der Waals surface area contributed by atoms with Gasteiger partial charge in [-0.05, 0) is 63.8 Å². The fourth-order valence-corrected chi connectivity index (χ4v) is 4.65. The number of carbonyl (C=O) groups is 1. The molecule has 5 rings (SSSR count). The van der Waals surface area contributed by atoms with Crippen LogP contribution in [0.4, 0.5) is 0 Å². The number of aliphatic carboxylic acids is 1. The van der Waals surface area contributed by atoms with E-state index in [1.54, 1.807) is 0 Å². The smallest absolute Gasteiger partial charge is 0.315 e. The summed E-state index contributed by atoms with van der Waals surface area (Å²) in [7, 11) is 0. The van der Waals surface area contributed by atoms with Crippen LogP contribution in [-0.2, 0) is 24.1 Å². The van der Waals surface area contributed by atoms with Gasteiger partial charge in [0.2, 0.25) is 0 Å². The lowest BCUT2D eigenvalue weighted by Crippen LogP contribution is -2.14. The lowest BCUT2D eigenvalue weighted by Gasteiger charge is -2.16. The van der Waals surface area contributed by atoms with Gasteiger partial charge in [0.15, 0.2) is 0 Å². The van der Waals surface area contributed by atoms with Crippen LogP contribution in [0, 0.1) is 0 Å². The summed E-state index contributed by atoms with van der Waals surface area (Å²) in [6, 6.07) is 33.5. The Labute approximate surface area is 182 Å². The molecule has 1 aliphatic carbocycles. The summed E-state index contributed by atoms with van der Waals surface area (Å²) < 4.78 is 0. The van der Waals surface area contributed by atoms with Crippen molar-refractivity contribution < 1.29 is 9.90 Å². The highest BCUT2D eigenvalue weighted by molar-refractivity contribution is 5.80. The molecule has 0 atom stereocenters. The summed E-state index contributed by atoms with van der Waals surface area (Å²) in [6.45, 7) is 0. The second kappa shape index (κ2) is 8.23. The molecule has 2 heteroatoms. The Morgan fingerprint density at radius 2 is 0.871 bits per heavy atom. The van der Waals surface area contributed by atoms with Crippen LogP contribution in [0.1, 0.15) is 50.4 Å². The lowest BCUT2D eigenvalue weighted by atomic mass is 9.87. The average molecular weight is 405 g/mol. The number of fused-ring (bicyclic) bond motifs is 8. The molecule has 1 aliphatic rings. The lowest BCUT2D eigenvalue weighted by molar-refractivity contribution is -0.137.